The second-order valence-electron chi connectivity index (χ2n) is 6.65. The van der Waals surface area contributed by atoms with Gasteiger partial charge < -0.3 is 14.6 Å². The van der Waals surface area contributed by atoms with Crippen molar-refractivity contribution in [1.82, 2.24) is 4.90 Å². The normalized spacial score (nSPS) is 16.7. The number of rotatable bonds is 6. The molecular weight excluding hydrogens is 366 g/mol. The zero-order chi connectivity index (χ0) is 19.4. The third kappa shape index (κ3) is 4.04. The summed E-state index contributed by atoms with van der Waals surface area (Å²) < 4.78 is 11.3. The van der Waals surface area contributed by atoms with Crippen molar-refractivity contribution in [3.63, 3.8) is 0 Å². The number of likely N-dealkylation sites (tertiary alicyclic amines) is 1. The first-order valence-electron chi connectivity index (χ1n) is 8.99. The van der Waals surface area contributed by atoms with Crippen LogP contribution in [0.2, 0.25) is 5.02 Å². The summed E-state index contributed by atoms with van der Waals surface area (Å²) in [5.74, 6) is 0.422. The number of aliphatic carboxylic acids is 1. The number of benzene rings is 2. The van der Waals surface area contributed by atoms with Crippen LogP contribution in [0.4, 0.5) is 0 Å². The number of carbonyl (C=O) groups is 1. The maximum atomic E-state index is 11.3. The van der Waals surface area contributed by atoms with Crippen molar-refractivity contribution in [2.24, 2.45) is 5.92 Å². The predicted molar refractivity (Wildman–Crippen MR) is 105 cm³/mol. The van der Waals surface area contributed by atoms with E-state index in [4.69, 9.17) is 21.1 Å². The monoisotopic (exact) mass is 389 g/mol. The third-order valence-electron chi connectivity index (χ3n) is 5.18. The van der Waals surface area contributed by atoms with Crippen molar-refractivity contribution in [3.05, 3.63) is 58.6 Å². The lowest BCUT2D eigenvalue weighted by atomic mass is 9.90. The molecule has 2 aromatic rings. The lowest BCUT2D eigenvalue weighted by Crippen LogP contribution is -2.39. The van der Waals surface area contributed by atoms with Gasteiger partial charge in [0.05, 0.1) is 31.7 Å². The maximum Gasteiger partial charge on any atom is 0.306 e. The smallest absolute Gasteiger partial charge is 0.306 e. The molecule has 1 aliphatic rings. The summed E-state index contributed by atoms with van der Waals surface area (Å²) in [6, 6.07) is 13.3. The van der Waals surface area contributed by atoms with Gasteiger partial charge in [0, 0.05) is 5.02 Å². The van der Waals surface area contributed by atoms with Gasteiger partial charge in [-0.25, -0.2) is 0 Å². The number of hydrogen-bond acceptors (Lipinski definition) is 4. The molecule has 1 atom stereocenters. The number of carboxylic acids is 1. The average Bonchev–Trinajstić information content (AvgIpc) is 2.70. The van der Waals surface area contributed by atoms with Crippen molar-refractivity contribution in [2.75, 3.05) is 27.3 Å². The Morgan fingerprint density at radius 1 is 1.07 bits per heavy atom. The van der Waals surface area contributed by atoms with Gasteiger partial charge >= 0.3 is 5.97 Å². The molecule has 0 spiro atoms. The first kappa shape index (κ1) is 19.5. The summed E-state index contributed by atoms with van der Waals surface area (Å²) in [7, 11) is 3.27. The van der Waals surface area contributed by atoms with Crippen LogP contribution in [0.1, 0.15) is 30.0 Å². The Morgan fingerprint density at radius 2 is 1.67 bits per heavy atom. The number of nitrogens with zero attached hydrogens (tertiary/aromatic N) is 1. The van der Waals surface area contributed by atoms with E-state index in [0.29, 0.717) is 31.0 Å². The molecule has 144 valence electrons. The lowest BCUT2D eigenvalue weighted by Gasteiger charge is -2.38. The van der Waals surface area contributed by atoms with Gasteiger partial charge in [-0.2, -0.15) is 0 Å². The molecule has 1 unspecified atom stereocenters. The largest absolute Gasteiger partial charge is 0.496 e. The number of hydrogen-bond donors (Lipinski definition) is 1. The van der Waals surface area contributed by atoms with Crippen LogP contribution < -0.4 is 9.47 Å². The Labute approximate surface area is 164 Å². The Bertz CT molecular complexity index is 780. The van der Waals surface area contributed by atoms with Gasteiger partial charge in [0.25, 0.3) is 0 Å². The summed E-state index contributed by atoms with van der Waals surface area (Å²) in [5.41, 5.74) is 1.86. The van der Waals surface area contributed by atoms with E-state index in [1.807, 2.05) is 42.5 Å². The molecule has 2 aromatic carbocycles. The highest BCUT2D eigenvalue weighted by Gasteiger charge is 2.34. The highest BCUT2D eigenvalue weighted by Crippen LogP contribution is 2.43. The molecule has 0 saturated carbocycles. The highest BCUT2D eigenvalue weighted by atomic mass is 35.5. The van der Waals surface area contributed by atoms with Gasteiger partial charge in [-0.05, 0) is 49.7 Å². The van der Waals surface area contributed by atoms with E-state index >= 15 is 0 Å². The zero-order valence-electron chi connectivity index (χ0n) is 15.5. The van der Waals surface area contributed by atoms with Crippen LogP contribution >= 0.6 is 11.6 Å². The number of halogens is 1. The van der Waals surface area contributed by atoms with Gasteiger partial charge in [-0.3, -0.25) is 9.69 Å². The fourth-order valence-corrected chi connectivity index (χ4v) is 4.02. The van der Waals surface area contributed by atoms with Crippen LogP contribution in [-0.2, 0) is 4.79 Å². The molecule has 0 bridgehead atoms. The van der Waals surface area contributed by atoms with E-state index in [-0.39, 0.29) is 12.0 Å². The quantitative estimate of drug-likeness (QED) is 0.800. The molecule has 1 fully saturated rings. The summed E-state index contributed by atoms with van der Waals surface area (Å²) in [6.45, 7) is 1.32. The van der Waals surface area contributed by atoms with Gasteiger partial charge in [-0.15, -0.1) is 0 Å². The molecule has 0 aliphatic carbocycles. The SMILES string of the molecule is COc1cccc(OC)c1C(c1ccccc1Cl)N1CCC(C(=O)O)CC1. The number of methoxy groups -OCH3 is 2. The Hall–Kier alpha value is -2.24. The molecule has 6 heteroatoms. The van der Waals surface area contributed by atoms with Crippen LogP contribution in [0, 0.1) is 5.92 Å². The van der Waals surface area contributed by atoms with Gasteiger partial charge in [0.1, 0.15) is 11.5 Å². The molecule has 1 heterocycles. The van der Waals surface area contributed by atoms with Gasteiger partial charge in [0.15, 0.2) is 0 Å². The molecule has 27 heavy (non-hydrogen) atoms. The van der Waals surface area contributed by atoms with Crippen LogP contribution in [0.15, 0.2) is 42.5 Å². The minimum atomic E-state index is -0.723. The van der Waals surface area contributed by atoms with Gasteiger partial charge in [-0.1, -0.05) is 35.9 Å². The van der Waals surface area contributed by atoms with Crippen LogP contribution in [0.5, 0.6) is 11.5 Å². The second-order valence-corrected chi connectivity index (χ2v) is 7.06. The van der Waals surface area contributed by atoms with Crippen molar-refractivity contribution < 1.29 is 19.4 Å². The van der Waals surface area contributed by atoms with Crippen LogP contribution in [-0.4, -0.2) is 43.3 Å². The van der Waals surface area contributed by atoms with Crippen molar-refractivity contribution in [3.8, 4) is 11.5 Å². The third-order valence-corrected chi connectivity index (χ3v) is 5.53. The molecule has 1 saturated heterocycles. The van der Waals surface area contributed by atoms with E-state index < -0.39 is 5.97 Å². The molecule has 1 N–H and O–H groups in total. The lowest BCUT2D eigenvalue weighted by molar-refractivity contribution is -0.143. The minimum absolute atomic E-state index is 0.181. The molecule has 5 nitrogen and oxygen atoms in total. The van der Waals surface area contributed by atoms with Crippen molar-refractivity contribution >= 4 is 17.6 Å². The van der Waals surface area contributed by atoms with E-state index in [9.17, 15) is 9.90 Å². The molecular formula is C21H24ClNO4. The number of carboxylic acid groups (broad SMARTS) is 1. The van der Waals surface area contributed by atoms with E-state index in [2.05, 4.69) is 4.90 Å². The predicted octanol–water partition coefficient (Wildman–Crippen LogP) is 4.24. The van der Waals surface area contributed by atoms with Crippen LogP contribution in [0.25, 0.3) is 0 Å². The molecule has 0 aromatic heterocycles. The molecule has 0 radical (unpaired) electrons. The molecule has 1 aliphatic heterocycles. The minimum Gasteiger partial charge on any atom is -0.496 e. The van der Waals surface area contributed by atoms with Crippen LogP contribution in [0.3, 0.4) is 0 Å². The van der Waals surface area contributed by atoms with Crippen molar-refractivity contribution in [1.29, 1.82) is 0 Å². The maximum absolute atomic E-state index is 11.3. The Kier molecular flexibility index (Phi) is 6.24. The molecule has 0 amide bonds. The van der Waals surface area contributed by atoms with E-state index in [0.717, 1.165) is 22.6 Å². The van der Waals surface area contributed by atoms with E-state index in [1.54, 1.807) is 14.2 Å². The molecule has 3 rings (SSSR count). The summed E-state index contributed by atoms with van der Waals surface area (Å²) >= 11 is 6.56. The number of ether oxygens (including phenoxy) is 2. The zero-order valence-corrected chi connectivity index (χ0v) is 16.3. The van der Waals surface area contributed by atoms with E-state index in [1.165, 1.54) is 0 Å². The second kappa shape index (κ2) is 8.63. The fourth-order valence-electron chi connectivity index (χ4n) is 3.79. The average molecular weight is 390 g/mol. The summed E-state index contributed by atoms with van der Waals surface area (Å²) in [5, 5.41) is 9.99. The fraction of sp³-hybridized carbons (Fsp3) is 0.381. The highest BCUT2D eigenvalue weighted by molar-refractivity contribution is 6.31. The van der Waals surface area contributed by atoms with Gasteiger partial charge in [0.2, 0.25) is 0 Å². The summed E-state index contributed by atoms with van der Waals surface area (Å²) in [6.07, 6.45) is 1.21. The first-order chi connectivity index (χ1) is 13.1. The Balaban J connectivity index is 2.08. The summed E-state index contributed by atoms with van der Waals surface area (Å²) in [4.78, 5) is 13.6. The van der Waals surface area contributed by atoms with Crippen molar-refractivity contribution in [2.45, 2.75) is 18.9 Å². The number of piperidine rings is 1. The first-order valence-corrected chi connectivity index (χ1v) is 9.36. The standard InChI is InChI=1S/C21H24ClNO4/c1-26-17-8-5-9-18(27-2)19(17)20(15-6-3-4-7-16(15)22)23-12-10-14(11-13-23)21(24)25/h3-9,14,20H,10-13H2,1-2H3,(H,24,25). The Morgan fingerprint density at radius 3 is 2.19 bits per heavy atom. The topological polar surface area (TPSA) is 59.0 Å².